The second-order valence-corrected chi connectivity index (χ2v) is 4.96. The lowest BCUT2D eigenvalue weighted by Crippen LogP contribution is -2.31. The number of rotatable bonds is 4. The van der Waals surface area contributed by atoms with E-state index in [1.165, 1.54) is 0 Å². The van der Waals surface area contributed by atoms with Gasteiger partial charge in [-0.3, -0.25) is 9.52 Å². The lowest BCUT2D eigenvalue weighted by Gasteiger charge is -2.17. The van der Waals surface area contributed by atoms with Crippen molar-refractivity contribution in [3.8, 4) is 0 Å². The van der Waals surface area contributed by atoms with E-state index < -0.39 is 10.2 Å². The predicted molar refractivity (Wildman–Crippen MR) is 65.7 cm³/mol. The smallest absolute Gasteiger partial charge is 0.342 e. The van der Waals surface area contributed by atoms with Gasteiger partial charge in [0, 0.05) is 17.8 Å². The largest absolute Gasteiger partial charge is 0.352 e. The van der Waals surface area contributed by atoms with Gasteiger partial charge in [0.2, 0.25) is 5.91 Å². The van der Waals surface area contributed by atoms with Gasteiger partial charge in [-0.15, -0.1) is 11.0 Å². The Balaban J connectivity index is 2.82. The molecule has 17 heavy (non-hydrogen) atoms. The first kappa shape index (κ1) is 13.4. The van der Waals surface area contributed by atoms with Gasteiger partial charge in [0.15, 0.2) is 0 Å². The average Bonchev–Trinajstić information content (AvgIpc) is 2.19. The molecule has 94 valence electrons. The van der Waals surface area contributed by atoms with E-state index in [0.717, 1.165) is 0 Å². The van der Waals surface area contributed by atoms with Crippen LogP contribution < -0.4 is 10.0 Å². The molecule has 0 unspecified atom stereocenters. The fourth-order valence-corrected chi connectivity index (χ4v) is 2.48. The normalized spacial score (nSPS) is 18.1. The van der Waals surface area contributed by atoms with E-state index in [2.05, 4.69) is 21.0 Å². The molecular weight excluding hydrogens is 242 g/mol. The Morgan fingerprint density at radius 3 is 2.71 bits per heavy atom. The summed E-state index contributed by atoms with van der Waals surface area (Å²) in [4.78, 5) is 11.5. The third-order valence-corrected chi connectivity index (χ3v) is 3.29. The molecule has 0 aliphatic carbocycles. The zero-order valence-electron chi connectivity index (χ0n) is 9.78. The number of hydrogen-bond donors (Lipinski definition) is 2. The highest BCUT2D eigenvalue weighted by Crippen LogP contribution is 2.16. The Morgan fingerprint density at radius 1 is 1.53 bits per heavy atom. The lowest BCUT2D eigenvalue weighted by atomic mass is 10.1. The van der Waals surface area contributed by atoms with Crippen molar-refractivity contribution in [3.05, 3.63) is 23.9 Å². The molecule has 1 amide bonds. The van der Waals surface area contributed by atoms with Crippen LogP contribution in [-0.2, 0) is 15.0 Å². The van der Waals surface area contributed by atoms with Crippen LogP contribution in [0.15, 0.2) is 28.3 Å². The van der Waals surface area contributed by atoms with Crippen molar-refractivity contribution in [1.82, 2.24) is 10.0 Å². The molecule has 0 fully saturated rings. The van der Waals surface area contributed by atoms with Gasteiger partial charge in [-0.2, -0.15) is 8.42 Å². The number of carbonyl (C=O) groups excluding carboxylic acids is 1. The van der Waals surface area contributed by atoms with Crippen molar-refractivity contribution >= 4 is 21.8 Å². The molecular formula is C10H15N3O3S. The van der Waals surface area contributed by atoms with Crippen molar-refractivity contribution in [2.75, 3.05) is 6.54 Å². The molecule has 1 rings (SSSR count). The van der Waals surface area contributed by atoms with Gasteiger partial charge >= 0.3 is 10.2 Å². The Labute approximate surface area is 101 Å². The number of carbonyl (C=O) groups is 1. The summed E-state index contributed by atoms with van der Waals surface area (Å²) in [5, 5.41) is 2.62. The van der Waals surface area contributed by atoms with Crippen molar-refractivity contribution < 1.29 is 13.2 Å². The number of allylic oxidation sites excluding steroid dienone is 1. The molecule has 6 nitrogen and oxygen atoms in total. The Morgan fingerprint density at radius 2 is 2.18 bits per heavy atom. The van der Waals surface area contributed by atoms with Gasteiger partial charge in [-0.05, 0) is 13.8 Å². The number of amides is 1. The topological polar surface area (TPSA) is 87.6 Å². The van der Waals surface area contributed by atoms with Crippen molar-refractivity contribution in [1.29, 1.82) is 0 Å². The zero-order chi connectivity index (χ0) is 13.1. The molecule has 0 aromatic heterocycles. The first-order chi connectivity index (χ1) is 7.85. The summed E-state index contributed by atoms with van der Waals surface area (Å²) >= 11 is 0. The molecule has 0 saturated heterocycles. The molecule has 0 bridgehead atoms. The highest BCUT2D eigenvalue weighted by atomic mass is 32.2. The quantitative estimate of drug-likeness (QED) is 0.708. The lowest BCUT2D eigenvalue weighted by molar-refractivity contribution is -0.120. The van der Waals surface area contributed by atoms with Gasteiger partial charge in [0.25, 0.3) is 0 Å². The number of nitrogens with one attached hydrogen (secondary N) is 2. The fourth-order valence-electron chi connectivity index (χ4n) is 1.45. The van der Waals surface area contributed by atoms with Gasteiger partial charge < -0.3 is 5.32 Å². The van der Waals surface area contributed by atoms with Crippen LogP contribution >= 0.6 is 0 Å². The maximum Gasteiger partial charge on any atom is 0.342 e. The maximum atomic E-state index is 11.5. The van der Waals surface area contributed by atoms with Crippen molar-refractivity contribution in [2.24, 2.45) is 4.40 Å². The van der Waals surface area contributed by atoms with Gasteiger partial charge in [-0.25, -0.2) is 0 Å². The molecule has 1 aliphatic rings. The molecule has 0 aromatic rings. The highest BCUT2D eigenvalue weighted by Gasteiger charge is 2.21. The van der Waals surface area contributed by atoms with Gasteiger partial charge in [0.1, 0.15) is 0 Å². The van der Waals surface area contributed by atoms with Crippen LogP contribution in [0, 0.1) is 0 Å². The van der Waals surface area contributed by atoms with E-state index in [-0.39, 0.29) is 12.3 Å². The number of hydrogen-bond acceptors (Lipinski definition) is 3. The Bertz CT molecular complexity index is 503. The monoisotopic (exact) mass is 257 g/mol. The molecule has 0 radical (unpaired) electrons. The van der Waals surface area contributed by atoms with Crippen LogP contribution in [0.2, 0.25) is 0 Å². The van der Waals surface area contributed by atoms with E-state index in [0.29, 0.717) is 23.5 Å². The van der Waals surface area contributed by atoms with Crippen molar-refractivity contribution in [2.45, 2.75) is 20.3 Å². The van der Waals surface area contributed by atoms with E-state index in [4.69, 9.17) is 0 Å². The summed E-state index contributed by atoms with van der Waals surface area (Å²) in [5.74, 6) is -0.199. The highest BCUT2D eigenvalue weighted by molar-refractivity contribution is 7.88. The molecule has 1 aliphatic heterocycles. The van der Waals surface area contributed by atoms with Crippen LogP contribution in [0.1, 0.15) is 20.3 Å². The minimum atomic E-state index is -3.63. The number of nitrogens with zero attached hydrogens (tertiary/aromatic N) is 1. The molecule has 7 heteroatoms. The molecule has 0 spiro atoms. The predicted octanol–water partition coefficient (Wildman–Crippen LogP) is 0.262. The first-order valence-corrected chi connectivity index (χ1v) is 6.46. The molecule has 2 N–H and O–H groups in total. The third kappa shape index (κ3) is 3.70. The van der Waals surface area contributed by atoms with Crippen LogP contribution in [0.3, 0.4) is 0 Å². The SMILES string of the molecule is C=CCNC(=O)CC1=C(C)NS(=O)(=O)N=C1C. The van der Waals surface area contributed by atoms with Crippen LogP contribution in [0.4, 0.5) is 0 Å². The van der Waals surface area contributed by atoms with Crippen LogP contribution in [-0.4, -0.2) is 26.6 Å². The third-order valence-electron chi connectivity index (χ3n) is 2.21. The first-order valence-electron chi connectivity index (χ1n) is 5.02. The minimum Gasteiger partial charge on any atom is -0.352 e. The Hall–Kier alpha value is -1.63. The van der Waals surface area contributed by atoms with Crippen molar-refractivity contribution in [3.63, 3.8) is 0 Å². The summed E-state index contributed by atoms with van der Waals surface area (Å²) < 4.78 is 28.2. The minimum absolute atomic E-state index is 0.0948. The molecule has 0 atom stereocenters. The molecule has 0 saturated carbocycles. The van der Waals surface area contributed by atoms with E-state index in [1.54, 1.807) is 19.9 Å². The molecule has 1 heterocycles. The second-order valence-electron chi connectivity index (χ2n) is 3.63. The van der Waals surface area contributed by atoms with Crippen LogP contribution in [0.5, 0.6) is 0 Å². The zero-order valence-corrected chi connectivity index (χ0v) is 10.6. The summed E-state index contributed by atoms with van der Waals surface area (Å²) in [5.41, 5.74) is 1.38. The van der Waals surface area contributed by atoms with Gasteiger partial charge in [-0.1, -0.05) is 6.08 Å². The maximum absolute atomic E-state index is 11.5. The molecule has 0 aromatic carbocycles. The van der Waals surface area contributed by atoms with Crippen LogP contribution in [0.25, 0.3) is 0 Å². The summed E-state index contributed by atoms with van der Waals surface area (Å²) in [6.45, 7) is 7.04. The summed E-state index contributed by atoms with van der Waals surface area (Å²) in [6.07, 6.45) is 1.67. The average molecular weight is 257 g/mol. The Kier molecular flexibility index (Phi) is 4.06. The summed E-state index contributed by atoms with van der Waals surface area (Å²) in [6, 6.07) is 0. The standard InChI is InChI=1S/C10H15N3O3S/c1-4-5-11-10(14)6-9-7(2)12-17(15,16)13-8(9)3/h4,12H,1,5-6H2,2-3H3,(H,11,14). The van der Waals surface area contributed by atoms with Gasteiger partial charge in [0.05, 0.1) is 12.1 Å². The second kappa shape index (κ2) is 5.13. The summed E-state index contributed by atoms with van der Waals surface area (Å²) in [7, 11) is -3.63. The fraction of sp³-hybridized carbons (Fsp3) is 0.400. The van der Waals surface area contributed by atoms with E-state index >= 15 is 0 Å². The van der Waals surface area contributed by atoms with E-state index in [9.17, 15) is 13.2 Å². The van der Waals surface area contributed by atoms with E-state index in [1.807, 2.05) is 0 Å².